The van der Waals surface area contributed by atoms with Gasteiger partial charge in [0.2, 0.25) is 5.89 Å². The van der Waals surface area contributed by atoms with Crippen LogP contribution < -0.4 is 5.73 Å². The largest absolute Gasteiger partial charge is 0.444 e. The summed E-state index contributed by atoms with van der Waals surface area (Å²) in [7, 11) is 0. The molecule has 2 aromatic heterocycles. The third-order valence-electron chi connectivity index (χ3n) is 3.41. The average molecular weight is 270 g/mol. The first-order valence-corrected chi connectivity index (χ1v) is 6.89. The molecule has 0 saturated carbocycles. The van der Waals surface area contributed by atoms with E-state index in [4.69, 9.17) is 10.2 Å². The van der Waals surface area contributed by atoms with Crippen molar-refractivity contribution < 1.29 is 4.42 Å². The van der Waals surface area contributed by atoms with Crippen molar-refractivity contribution in [3.63, 3.8) is 0 Å². The Hall–Kier alpha value is -2.30. The molecule has 3 rings (SSSR count). The summed E-state index contributed by atoms with van der Waals surface area (Å²) in [4.78, 5) is 8.95. The lowest BCUT2D eigenvalue weighted by Gasteiger charge is -2.05. The molecule has 0 unspecified atom stereocenters. The Kier molecular flexibility index (Phi) is 3.18. The number of anilines is 1. The van der Waals surface area contributed by atoms with E-state index in [9.17, 15) is 0 Å². The molecule has 0 aliphatic carbocycles. The number of aryl methyl sites for hydroxylation is 2. The first kappa shape index (κ1) is 12.7. The van der Waals surface area contributed by atoms with Crippen LogP contribution in [-0.4, -0.2) is 14.5 Å². The minimum Gasteiger partial charge on any atom is -0.444 e. The summed E-state index contributed by atoms with van der Waals surface area (Å²) in [5.74, 6) is 2.64. The maximum absolute atomic E-state index is 5.82. The van der Waals surface area contributed by atoms with Crippen molar-refractivity contribution in [1.29, 1.82) is 0 Å². The molecule has 2 heterocycles. The van der Waals surface area contributed by atoms with Crippen molar-refractivity contribution in [3.05, 3.63) is 41.9 Å². The number of hydrogen-bond donors (Lipinski definition) is 1. The van der Waals surface area contributed by atoms with E-state index in [1.807, 2.05) is 18.2 Å². The molecule has 20 heavy (non-hydrogen) atoms. The first-order valence-electron chi connectivity index (χ1n) is 6.89. The summed E-state index contributed by atoms with van der Waals surface area (Å²) in [6.45, 7) is 4.74. The fourth-order valence-electron chi connectivity index (χ4n) is 2.36. The van der Waals surface area contributed by atoms with E-state index in [0.29, 0.717) is 12.4 Å². The van der Waals surface area contributed by atoms with Gasteiger partial charge in [0.25, 0.3) is 0 Å². The fourth-order valence-corrected chi connectivity index (χ4v) is 2.36. The van der Waals surface area contributed by atoms with E-state index in [1.165, 1.54) is 0 Å². The molecule has 0 aliphatic heterocycles. The van der Waals surface area contributed by atoms with Gasteiger partial charge in [-0.1, -0.05) is 13.8 Å². The van der Waals surface area contributed by atoms with Crippen LogP contribution in [0.3, 0.4) is 0 Å². The summed E-state index contributed by atoms with van der Waals surface area (Å²) < 4.78 is 7.83. The summed E-state index contributed by atoms with van der Waals surface area (Å²) in [5.41, 5.74) is 8.53. The van der Waals surface area contributed by atoms with Crippen molar-refractivity contribution in [3.8, 4) is 0 Å². The molecule has 0 saturated heterocycles. The molecule has 5 heteroatoms. The van der Waals surface area contributed by atoms with Gasteiger partial charge in [-0.3, -0.25) is 0 Å². The second kappa shape index (κ2) is 5.00. The Morgan fingerprint density at radius 2 is 2.10 bits per heavy atom. The molecule has 3 aromatic rings. The van der Waals surface area contributed by atoms with Crippen LogP contribution in [0.5, 0.6) is 0 Å². The number of nitrogens with two attached hydrogens (primary N) is 1. The molecule has 0 bridgehead atoms. The summed E-state index contributed by atoms with van der Waals surface area (Å²) in [6, 6.07) is 5.80. The van der Waals surface area contributed by atoms with Crippen molar-refractivity contribution in [2.24, 2.45) is 0 Å². The van der Waals surface area contributed by atoms with Crippen LogP contribution in [0.15, 0.2) is 28.8 Å². The molecule has 0 amide bonds. The van der Waals surface area contributed by atoms with Crippen LogP contribution >= 0.6 is 0 Å². The van der Waals surface area contributed by atoms with E-state index >= 15 is 0 Å². The smallest absolute Gasteiger partial charge is 0.214 e. The third-order valence-corrected chi connectivity index (χ3v) is 3.41. The zero-order valence-electron chi connectivity index (χ0n) is 11.8. The topological polar surface area (TPSA) is 69.9 Å². The normalized spacial score (nSPS) is 11.3. The quantitative estimate of drug-likeness (QED) is 0.740. The van der Waals surface area contributed by atoms with Gasteiger partial charge in [-0.25, -0.2) is 9.97 Å². The standard InChI is InChI=1S/C15H18N4O/c1-3-11-8-17-15(20-11)9-19-13-6-5-10(16)7-12(13)18-14(19)4-2/h5-8H,3-4,9,16H2,1-2H3. The van der Waals surface area contributed by atoms with Crippen LogP contribution in [0.2, 0.25) is 0 Å². The van der Waals surface area contributed by atoms with Crippen LogP contribution in [-0.2, 0) is 19.4 Å². The van der Waals surface area contributed by atoms with E-state index in [-0.39, 0.29) is 0 Å². The summed E-state index contributed by atoms with van der Waals surface area (Å²) >= 11 is 0. The Morgan fingerprint density at radius 3 is 2.80 bits per heavy atom. The number of benzene rings is 1. The van der Waals surface area contributed by atoms with Gasteiger partial charge in [0.1, 0.15) is 18.1 Å². The highest BCUT2D eigenvalue weighted by molar-refractivity contribution is 5.79. The van der Waals surface area contributed by atoms with Crippen molar-refractivity contribution in [2.75, 3.05) is 5.73 Å². The van der Waals surface area contributed by atoms with E-state index < -0.39 is 0 Å². The van der Waals surface area contributed by atoms with Gasteiger partial charge in [-0.15, -0.1) is 0 Å². The van der Waals surface area contributed by atoms with Crippen LogP contribution in [0, 0.1) is 0 Å². The molecule has 5 nitrogen and oxygen atoms in total. The van der Waals surface area contributed by atoms with Gasteiger partial charge in [0.05, 0.1) is 17.2 Å². The zero-order valence-corrected chi connectivity index (χ0v) is 11.8. The molecule has 1 aromatic carbocycles. The molecule has 0 radical (unpaired) electrons. The first-order chi connectivity index (χ1) is 9.71. The van der Waals surface area contributed by atoms with Crippen LogP contribution in [0.25, 0.3) is 11.0 Å². The van der Waals surface area contributed by atoms with Crippen LogP contribution in [0.4, 0.5) is 5.69 Å². The Labute approximate surface area is 117 Å². The van der Waals surface area contributed by atoms with Gasteiger partial charge in [-0.05, 0) is 18.2 Å². The Bertz CT molecular complexity index is 741. The number of nitrogen functional groups attached to an aromatic ring is 1. The number of imidazole rings is 1. The molecule has 0 atom stereocenters. The molecule has 104 valence electrons. The second-order valence-corrected chi connectivity index (χ2v) is 4.79. The molecule has 2 N–H and O–H groups in total. The fraction of sp³-hybridized carbons (Fsp3) is 0.333. The van der Waals surface area contributed by atoms with E-state index in [0.717, 1.165) is 41.1 Å². The lowest BCUT2D eigenvalue weighted by atomic mass is 10.3. The van der Waals surface area contributed by atoms with E-state index in [2.05, 4.69) is 28.4 Å². The lowest BCUT2D eigenvalue weighted by Crippen LogP contribution is -2.04. The monoisotopic (exact) mass is 270 g/mol. The van der Waals surface area contributed by atoms with Crippen molar-refractivity contribution in [2.45, 2.75) is 33.2 Å². The van der Waals surface area contributed by atoms with Gasteiger partial charge < -0.3 is 14.7 Å². The summed E-state index contributed by atoms with van der Waals surface area (Å²) in [6.07, 6.45) is 3.50. The highest BCUT2D eigenvalue weighted by Gasteiger charge is 2.12. The molecule has 0 aliphatic rings. The SMILES string of the molecule is CCc1cnc(Cn2c(CC)nc3cc(N)ccc32)o1. The number of oxazole rings is 1. The Morgan fingerprint density at radius 1 is 1.25 bits per heavy atom. The zero-order chi connectivity index (χ0) is 14.1. The van der Waals surface area contributed by atoms with Crippen molar-refractivity contribution >= 4 is 16.7 Å². The molecular formula is C15H18N4O. The average Bonchev–Trinajstić information content (AvgIpc) is 3.03. The maximum atomic E-state index is 5.82. The number of aromatic nitrogens is 3. The van der Waals surface area contributed by atoms with Gasteiger partial charge in [0, 0.05) is 18.5 Å². The van der Waals surface area contributed by atoms with Gasteiger partial charge in [-0.2, -0.15) is 0 Å². The second-order valence-electron chi connectivity index (χ2n) is 4.79. The summed E-state index contributed by atoms with van der Waals surface area (Å²) in [5, 5.41) is 0. The minimum absolute atomic E-state index is 0.601. The predicted octanol–water partition coefficient (Wildman–Crippen LogP) is 2.78. The number of nitrogens with zero attached hydrogens (tertiary/aromatic N) is 3. The molecular weight excluding hydrogens is 252 g/mol. The van der Waals surface area contributed by atoms with Gasteiger partial charge >= 0.3 is 0 Å². The van der Waals surface area contributed by atoms with Crippen LogP contribution in [0.1, 0.15) is 31.3 Å². The number of fused-ring (bicyclic) bond motifs is 1. The Balaban J connectivity index is 2.04. The number of hydrogen-bond acceptors (Lipinski definition) is 4. The third kappa shape index (κ3) is 2.15. The van der Waals surface area contributed by atoms with Gasteiger partial charge in [0.15, 0.2) is 0 Å². The predicted molar refractivity (Wildman–Crippen MR) is 78.5 cm³/mol. The highest BCUT2D eigenvalue weighted by Crippen LogP contribution is 2.21. The van der Waals surface area contributed by atoms with Crippen molar-refractivity contribution in [1.82, 2.24) is 14.5 Å². The minimum atomic E-state index is 0.601. The molecule has 0 fully saturated rings. The maximum Gasteiger partial charge on any atom is 0.214 e. The highest BCUT2D eigenvalue weighted by atomic mass is 16.4. The molecule has 0 spiro atoms. The number of rotatable bonds is 4. The lowest BCUT2D eigenvalue weighted by molar-refractivity contribution is 0.445. The van der Waals surface area contributed by atoms with E-state index in [1.54, 1.807) is 6.20 Å².